The summed E-state index contributed by atoms with van der Waals surface area (Å²) in [5.41, 5.74) is 2.80. The number of carbonyl (C=O) groups is 3. The smallest absolute Gasteiger partial charge is 0.407 e. The number of hydrogen-bond acceptors (Lipinski definition) is 6. The summed E-state index contributed by atoms with van der Waals surface area (Å²) < 4.78 is 11.7. The lowest BCUT2D eigenvalue weighted by Crippen LogP contribution is -2.68. The lowest BCUT2D eigenvalue weighted by atomic mass is 9.32. The van der Waals surface area contributed by atoms with Crippen LogP contribution in [0, 0.1) is 109 Å². The summed E-state index contributed by atoms with van der Waals surface area (Å²) in [7, 11) is 1.26. The highest BCUT2D eigenvalue weighted by Gasteiger charge is 2.72. The molecule has 0 radical (unpaired) electrons. The number of ether oxygens (including phenoxy) is 2. The third kappa shape index (κ3) is 8.80. The summed E-state index contributed by atoms with van der Waals surface area (Å²) in [6, 6.07) is -0.588. The molecule has 0 aromatic rings. The van der Waals surface area contributed by atoms with Crippen LogP contribution in [0.3, 0.4) is 0 Å². The molecule has 4 unspecified atom stereocenters. The van der Waals surface area contributed by atoms with E-state index < -0.39 is 18.1 Å². The Labute approximate surface area is 439 Å². The number of rotatable bonds is 15. The summed E-state index contributed by atoms with van der Waals surface area (Å²) >= 11 is 0. The fourth-order valence-electron chi connectivity index (χ4n) is 22.2. The van der Waals surface area contributed by atoms with Crippen LogP contribution < -0.4 is 10.6 Å². The number of carboxylic acids is 1. The highest BCUT2D eigenvalue weighted by atomic mass is 16.5. The maximum absolute atomic E-state index is 15.5. The van der Waals surface area contributed by atoms with Crippen molar-refractivity contribution in [3.05, 3.63) is 11.6 Å². The molecule has 0 saturated heterocycles. The molecule has 0 aromatic carbocycles. The second-order valence-electron chi connectivity index (χ2n) is 29.9. The van der Waals surface area contributed by atoms with Crippen LogP contribution in [0.25, 0.3) is 0 Å². The van der Waals surface area contributed by atoms with E-state index in [0.717, 1.165) is 80.6 Å². The fourth-order valence-corrected chi connectivity index (χ4v) is 22.2. The molecule has 0 heterocycles. The van der Waals surface area contributed by atoms with Crippen LogP contribution in [0.2, 0.25) is 0 Å². The van der Waals surface area contributed by atoms with Crippen molar-refractivity contribution in [2.75, 3.05) is 13.7 Å². The number of alkyl carbamates (subject to hydrolysis) is 1. The van der Waals surface area contributed by atoms with Gasteiger partial charge in [-0.15, -0.1) is 0 Å². The molecule has 3 N–H and O–H groups in total. The van der Waals surface area contributed by atoms with E-state index >= 15 is 4.79 Å². The standard InChI is InChI=1S/C64H106N2O6/c1-39(2)16-14-17-41(5)46-21-22-47-45-20-19-42-38-43(25-30-59(42,8)48(45)27-31-60(46,47)9)72-56(69)64-34-26-44(40(3)4)54(64)49-23-24-52-61(10)32-29-53(65-37-15-18-50(55(67)68)66-57(70)71-13)58(6,7)51(61)28-33-63(52,12)62(49,11)35-36-64/h19,39-41,43-54,65H,14-18,20-38H2,1-13H3,(H,66,70)(H,67,68)/t41-,43-,44+,45+,46-,47+,48+,49-,50?,51?,52-,53?,54?,59+,60-,61+,62-,63-,64+/m1/s1. The van der Waals surface area contributed by atoms with Crippen molar-refractivity contribution in [2.24, 2.45) is 109 Å². The molecule has 9 aliphatic carbocycles. The second kappa shape index (κ2) is 20.0. The largest absolute Gasteiger partial charge is 0.480 e. The minimum atomic E-state index is -1.03. The summed E-state index contributed by atoms with van der Waals surface area (Å²) in [5.74, 6) is 7.52. The first-order valence-electron chi connectivity index (χ1n) is 30.6. The van der Waals surface area contributed by atoms with E-state index in [2.05, 4.69) is 105 Å². The van der Waals surface area contributed by atoms with Crippen molar-refractivity contribution in [1.82, 2.24) is 10.6 Å². The van der Waals surface area contributed by atoms with Crippen molar-refractivity contribution < 1.29 is 29.0 Å². The highest BCUT2D eigenvalue weighted by molar-refractivity contribution is 5.80. The SMILES string of the molecule is COC(=O)NC(CCCNC1CC[C@@]2(C)C(CC[C@]3(C)[C@@H]2CC[C@@H]2C4[C@H](C(C)C)CC[C@]4(C(=O)O[C@@H]4CC[C@@]5(C)C(=CC[C@H]6[C@@H]7CC[C@H]([C@H](C)CCCC(C)C)[C@@]7(C)CC[C@@H]65)C4)CC[C@]23C)C1(C)C)C(=O)O. The van der Waals surface area contributed by atoms with Gasteiger partial charge in [-0.2, -0.15) is 0 Å². The number of hydrogen-bond donors (Lipinski definition) is 3. The average Bonchev–Trinajstić information content (AvgIpc) is 3.90. The van der Waals surface area contributed by atoms with Gasteiger partial charge in [-0.3, -0.25) is 4.79 Å². The van der Waals surface area contributed by atoms with E-state index in [0.29, 0.717) is 59.8 Å². The average molecular weight is 1000 g/mol. The van der Waals surface area contributed by atoms with Gasteiger partial charge in [-0.25, -0.2) is 9.59 Å². The molecule has 9 rings (SSSR count). The molecule has 8 heteroatoms. The normalized spacial score (nSPS) is 45.7. The predicted molar refractivity (Wildman–Crippen MR) is 290 cm³/mol. The molecule has 0 bridgehead atoms. The number of carboxylic acid groups (broad SMARTS) is 1. The van der Waals surface area contributed by atoms with Gasteiger partial charge in [0.25, 0.3) is 0 Å². The Bertz CT molecular complexity index is 2030. The minimum Gasteiger partial charge on any atom is -0.480 e. The zero-order valence-corrected chi connectivity index (χ0v) is 48.2. The summed E-state index contributed by atoms with van der Waals surface area (Å²) in [6.07, 6.45) is 29.0. The van der Waals surface area contributed by atoms with Crippen molar-refractivity contribution in [3.8, 4) is 0 Å². The molecule has 0 spiro atoms. The minimum absolute atomic E-state index is 0.0212. The van der Waals surface area contributed by atoms with Crippen molar-refractivity contribution in [1.29, 1.82) is 0 Å². The number of esters is 1. The third-order valence-electron chi connectivity index (χ3n) is 26.2. The van der Waals surface area contributed by atoms with E-state index in [1.165, 1.54) is 103 Å². The molecule has 0 aliphatic heterocycles. The highest BCUT2D eigenvalue weighted by Crippen LogP contribution is 2.78. The molecule has 9 aliphatic rings. The number of nitrogens with one attached hydrogen (secondary N) is 2. The van der Waals surface area contributed by atoms with E-state index in [4.69, 9.17) is 4.74 Å². The number of allylic oxidation sites excluding steroid dienone is 1. The molecule has 8 saturated carbocycles. The molecule has 72 heavy (non-hydrogen) atoms. The van der Waals surface area contributed by atoms with Crippen molar-refractivity contribution in [3.63, 3.8) is 0 Å². The quantitative estimate of drug-likeness (QED) is 0.0851. The second-order valence-corrected chi connectivity index (χ2v) is 29.9. The van der Waals surface area contributed by atoms with Gasteiger partial charge in [0.15, 0.2) is 0 Å². The zero-order chi connectivity index (χ0) is 52.0. The van der Waals surface area contributed by atoms with Crippen LogP contribution in [0.5, 0.6) is 0 Å². The van der Waals surface area contributed by atoms with Crippen LogP contribution in [-0.2, 0) is 19.1 Å². The molecular weight excluding hydrogens is 893 g/mol. The molecule has 408 valence electrons. The molecule has 1 amide bonds. The lowest BCUT2D eigenvalue weighted by molar-refractivity contribution is -0.243. The Hall–Kier alpha value is -2.09. The molecular formula is C64H106N2O6. The molecule has 8 fully saturated rings. The summed E-state index contributed by atoms with van der Waals surface area (Å²) in [5, 5.41) is 16.1. The van der Waals surface area contributed by atoms with Gasteiger partial charge in [0, 0.05) is 12.5 Å². The molecule has 0 aromatic heterocycles. The van der Waals surface area contributed by atoms with E-state index in [9.17, 15) is 14.7 Å². The number of fused-ring (bicyclic) bond motifs is 12. The monoisotopic (exact) mass is 999 g/mol. The van der Waals surface area contributed by atoms with Crippen LogP contribution in [-0.4, -0.2) is 55.0 Å². The Morgan fingerprint density at radius 1 is 0.708 bits per heavy atom. The molecule has 19 atom stereocenters. The van der Waals surface area contributed by atoms with Crippen LogP contribution >= 0.6 is 0 Å². The van der Waals surface area contributed by atoms with Gasteiger partial charge in [-0.1, -0.05) is 114 Å². The van der Waals surface area contributed by atoms with Crippen LogP contribution in [0.15, 0.2) is 11.6 Å². The van der Waals surface area contributed by atoms with Gasteiger partial charge in [0.05, 0.1) is 12.5 Å². The van der Waals surface area contributed by atoms with Gasteiger partial charge in [0.1, 0.15) is 12.1 Å². The third-order valence-corrected chi connectivity index (χ3v) is 26.2. The van der Waals surface area contributed by atoms with E-state index in [1.54, 1.807) is 5.57 Å². The number of amides is 1. The lowest BCUT2D eigenvalue weighted by Gasteiger charge is -2.73. The Balaban J connectivity index is 0.863. The van der Waals surface area contributed by atoms with Gasteiger partial charge < -0.3 is 25.2 Å². The first kappa shape index (κ1) is 54.7. The van der Waals surface area contributed by atoms with Crippen molar-refractivity contribution in [2.45, 2.75) is 249 Å². The summed E-state index contributed by atoms with van der Waals surface area (Å²) in [4.78, 5) is 39.1. The van der Waals surface area contributed by atoms with Gasteiger partial charge in [0.2, 0.25) is 0 Å². The Morgan fingerprint density at radius 2 is 1.44 bits per heavy atom. The first-order valence-corrected chi connectivity index (χ1v) is 30.6. The maximum atomic E-state index is 15.5. The predicted octanol–water partition coefficient (Wildman–Crippen LogP) is 15.2. The Kier molecular flexibility index (Phi) is 15.2. The fraction of sp³-hybridized carbons (Fsp3) is 0.922. The maximum Gasteiger partial charge on any atom is 0.407 e. The number of methoxy groups -OCH3 is 1. The molecule has 8 nitrogen and oxygen atoms in total. The van der Waals surface area contributed by atoms with E-state index in [1.807, 2.05) is 0 Å². The topological polar surface area (TPSA) is 114 Å². The van der Waals surface area contributed by atoms with Crippen LogP contribution in [0.4, 0.5) is 4.79 Å². The van der Waals surface area contributed by atoms with E-state index in [-0.39, 0.29) is 44.6 Å². The zero-order valence-electron chi connectivity index (χ0n) is 48.2. The van der Waals surface area contributed by atoms with Gasteiger partial charge >= 0.3 is 18.0 Å². The van der Waals surface area contributed by atoms with Crippen LogP contribution in [0.1, 0.15) is 231 Å². The Morgan fingerprint density at radius 3 is 2.15 bits per heavy atom. The first-order chi connectivity index (χ1) is 33.9. The number of carbonyl (C=O) groups excluding carboxylic acids is 2. The summed E-state index contributed by atoms with van der Waals surface area (Å²) in [6.45, 7) is 31.5. The number of aliphatic carboxylic acids is 1. The van der Waals surface area contributed by atoms with Gasteiger partial charge in [-0.05, 0) is 232 Å². The van der Waals surface area contributed by atoms with Crippen molar-refractivity contribution >= 4 is 18.0 Å².